The lowest BCUT2D eigenvalue weighted by Gasteiger charge is -2.19. The summed E-state index contributed by atoms with van der Waals surface area (Å²) < 4.78 is 35.1. The van der Waals surface area contributed by atoms with E-state index < -0.39 is 16.0 Å². The molecule has 1 aromatic carbocycles. The molecule has 0 radical (unpaired) electrons. The molecule has 9 heteroatoms. The number of hydrogen-bond acceptors (Lipinski definition) is 6. The van der Waals surface area contributed by atoms with Gasteiger partial charge < -0.3 is 14.5 Å². The van der Waals surface area contributed by atoms with Crippen molar-refractivity contribution >= 4 is 21.9 Å². The molecular weight excluding hydrogens is 396 g/mol. The Morgan fingerprint density at radius 2 is 1.69 bits per heavy atom. The minimum atomic E-state index is -3.69. The molecule has 0 saturated carbocycles. The lowest BCUT2D eigenvalue weighted by atomic mass is 9.87. The number of benzene rings is 1. The molecule has 0 aliphatic heterocycles. The van der Waals surface area contributed by atoms with Crippen molar-refractivity contribution in [2.45, 2.75) is 37.9 Å². The van der Waals surface area contributed by atoms with E-state index in [1.54, 1.807) is 12.1 Å². The maximum Gasteiger partial charge on any atom is 0.325 e. The van der Waals surface area contributed by atoms with Gasteiger partial charge in [0, 0.05) is 19.7 Å². The zero-order valence-corrected chi connectivity index (χ0v) is 18.0. The van der Waals surface area contributed by atoms with Crippen LogP contribution in [0.4, 0.5) is 0 Å². The second-order valence-electron chi connectivity index (χ2n) is 7.68. The lowest BCUT2D eigenvalue weighted by molar-refractivity contribution is -0.144. The Labute approximate surface area is 170 Å². The molecule has 0 unspecified atom stereocenters. The highest BCUT2D eigenvalue weighted by atomic mass is 32.2. The molecule has 1 aromatic heterocycles. The Hall–Kier alpha value is -2.65. The Morgan fingerprint density at radius 1 is 1.07 bits per heavy atom. The number of furan rings is 1. The molecule has 0 fully saturated rings. The maximum absolute atomic E-state index is 12.2. The first kappa shape index (κ1) is 22.6. The summed E-state index contributed by atoms with van der Waals surface area (Å²) in [6.45, 7) is 5.68. The van der Waals surface area contributed by atoms with E-state index in [-0.39, 0.29) is 35.3 Å². The van der Waals surface area contributed by atoms with Crippen molar-refractivity contribution in [1.82, 2.24) is 9.62 Å². The van der Waals surface area contributed by atoms with Gasteiger partial charge in [0.05, 0.1) is 0 Å². The smallest absolute Gasteiger partial charge is 0.325 e. The van der Waals surface area contributed by atoms with Crippen LogP contribution in [0.25, 0.3) is 0 Å². The van der Waals surface area contributed by atoms with E-state index in [0.29, 0.717) is 5.56 Å². The summed E-state index contributed by atoms with van der Waals surface area (Å²) >= 11 is 0. The van der Waals surface area contributed by atoms with Gasteiger partial charge in [0.2, 0.25) is 5.09 Å². The number of amides is 1. The van der Waals surface area contributed by atoms with Gasteiger partial charge in [0.15, 0.2) is 0 Å². The molecule has 0 aliphatic rings. The Bertz CT molecular complexity index is 969. The molecule has 8 nitrogen and oxygen atoms in total. The average Bonchev–Trinajstić information content (AvgIpc) is 3.13. The number of hydrogen-bond donors (Lipinski definition) is 1. The Morgan fingerprint density at radius 3 is 2.24 bits per heavy atom. The first-order valence-electron chi connectivity index (χ1n) is 8.97. The number of rotatable bonds is 7. The van der Waals surface area contributed by atoms with Crippen molar-refractivity contribution in [3.05, 3.63) is 53.3 Å². The van der Waals surface area contributed by atoms with E-state index in [0.717, 1.165) is 9.87 Å². The quantitative estimate of drug-likeness (QED) is 0.687. The number of esters is 1. The summed E-state index contributed by atoms with van der Waals surface area (Å²) in [7, 11) is -0.918. The second-order valence-corrected chi connectivity index (χ2v) is 9.76. The Balaban J connectivity index is 1.84. The van der Waals surface area contributed by atoms with E-state index in [1.807, 2.05) is 12.1 Å². The number of nitrogens with zero attached hydrogens (tertiary/aromatic N) is 1. The van der Waals surface area contributed by atoms with Crippen LogP contribution in [0.5, 0.6) is 0 Å². The van der Waals surface area contributed by atoms with Crippen LogP contribution in [0.15, 0.2) is 45.9 Å². The minimum Gasteiger partial charge on any atom is -0.456 e. The second kappa shape index (κ2) is 8.79. The van der Waals surface area contributed by atoms with Gasteiger partial charge in [0.1, 0.15) is 18.9 Å². The minimum absolute atomic E-state index is 0.0175. The van der Waals surface area contributed by atoms with E-state index >= 15 is 0 Å². The van der Waals surface area contributed by atoms with Crippen LogP contribution in [-0.4, -0.2) is 45.2 Å². The van der Waals surface area contributed by atoms with Gasteiger partial charge in [-0.2, -0.15) is 0 Å². The van der Waals surface area contributed by atoms with Gasteiger partial charge in [0.25, 0.3) is 15.9 Å². The highest BCUT2D eigenvalue weighted by molar-refractivity contribution is 7.88. The van der Waals surface area contributed by atoms with Crippen molar-refractivity contribution in [3.8, 4) is 0 Å². The molecule has 0 aliphatic carbocycles. The summed E-state index contributed by atoms with van der Waals surface area (Å²) in [5, 5.41) is 2.26. The van der Waals surface area contributed by atoms with E-state index in [2.05, 4.69) is 26.1 Å². The van der Waals surface area contributed by atoms with Crippen molar-refractivity contribution < 1.29 is 27.2 Å². The highest BCUT2D eigenvalue weighted by Gasteiger charge is 2.22. The van der Waals surface area contributed by atoms with Crippen LogP contribution in [0.3, 0.4) is 0 Å². The molecule has 0 spiro atoms. The number of carbonyl (C=O) groups excluding carboxylic acids is 2. The molecule has 1 N–H and O–H groups in total. The van der Waals surface area contributed by atoms with Crippen LogP contribution < -0.4 is 5.32 Å². The highest BCUT2D eigenvalue weighted by Crippen LogP contribution is 2.22. The SMILES string of the molecule is CN(C)S(=O)(=O)c1ccc(COC(=O)CNC(=O)c2ccc(C(C)(C)C)cc2)o1. The fraction of sp³-hybridized carbons (Fsp3) is 0.400. The van der Waals surface area contributed by atoms with Crippen molar-refractivity contribution in [2.75, 3.05) is 20.6 Å². The lowest BCUT2D eigenvalue weighted by Crippen LogP contribution is -2.30. The van der Waals surface area contributed by atoms with Crippen LogP contribution in [0.2, 0.25) is 0 Å². The molecular formula is C20H26N2O6S. The summed E-state index contributed by atoms with van der Waals surface area (Å²) in [6, 6.07) is 9.88. The summed E-state index contributed by atoms with van der Waals surface area (Å²) in [6.07, 6.45) is 0. The van der Waals surface area contributed by atoms with Crippen LogP contribution >= 0.6 is 0 Å². The first-order valence-corrected chi connectivity index (χ1v) is 10.4. The molecule has 158 valence electrons. The number of ether oxygens (including phenoxy) is 1. The van der Waals surface area contributed by atoms with Gasteiger partial charge in [-0.3, -0.25) is 9.59 Å². The topological polar surface area (TPSA) is 106 Å². The number of carbonyl (C=O) groups is 2. The third-order valence-corrected chi connectivity index (χ3v) is 5.84. The normalized spacial score (nSPS) is 12.1. The van der Waals surface area contributed by atoms with Crippen LogP contribution in [0, 0.1) is 0 Å². The van der Waals surface area contributed by atoms with Crippen molar-refractivity contribution in [3.63, 3.8) is 0 Å². The fourth-order valence-corrected chi connectivity index (χ4v) is 3.15. The molecule has 0 saturated heterocycles. The van der Waals surface area contributed by atoms with E-state index in [9.17, 15) is 18.0 Å². The Kier molecular flexibility index (Phi) is 6.86. The van der Waals surface area contributed by atoms with Gasteiger partial charge in [-0.1, -0.05) is 32.9 Å². The third-order valence-electron chi connectivity index (χ3n) is 4.15. The summed E-state index contributed by atoms with van der Waals surface area (Å²) in [5.74, 6) is -0.874. The third kappa shape index (κ3) is 5.91. The van der Waals surface area contributed by atoms with Gasteiger partial charge in [-0.05, 0) is 35.2 Å². The molecule has 2 rings (SSSR count). The molecule has 2 aromatic rings. The van der Waals surface area contributed by atoms with Crippen LogP contribution in [0.1, 0.15) is 42.5 Å². The van der Waals surface area contributed by atoms with E-state index in [4.69, 9.17) is 9.15 Å². The van der Waals surface area contributed by atoms with Crippen LogP contribution in [-0.2, 0) is 31.6 Å². The summed E-state index contributed by atoms with van der Waals surface area (Å²) in [5.41, 5.74) is 1.52. The first-order chi connectivity index (χ1) is 13.4. The summed E-state index contributed by atoms with van der Waals surface area (Å²) in [4.78, 5) is 24.0. The predicted octanol–water partition coefficient (Wildman–Crippen LogP) is 2.30. The molecule has 0 atom stereocenters. The standard InChI is InChI=1S/C20H26N2O6S/c1-20(2,3)15-8-6-14(7-9-15)19(24)21-12-17(23)27-13-16-10-11-18(28-16)29(25,26)22(4)5/h6-11H,12-13H2,1-5H3,(H,21,24). The molecule has 1 amide bonds. The zero-order valence-electron chi connectivity index (χ0n) is 17.2. The van der Waals surface area contributed by atoms with Gasteiger partial charge >= 0.3 is 5.97 Å². The maximum atomic E-state index is 12.2. The number of nitrogens with one attached hydrogen (secondary N) is 1. The van der Waals surface area contributed by atoms with Crippen molar-refractivity contribution in [1.29, 1.82) is 0 Å². The fourth-order valence-electron chi connectivity index (χ4n) is 2.33. The predicted molar refractivity (Wildman–Crippen MR) is 107 cm³/mol. The largest absolute Gasteiger partial charge is 0.456 e. The zero-order chi connectivity index (χ0) is 21.8. The molecule has 29 heavy (non-hydrogen) atoms. The van der Waals surface area contributed by atoms with Gasteiger partial charge in [-0.15, -0.1) is 0 Å². The number of sulfonamides is 1. The molecule has 1 heterocycles. The average molecular weight is 423 g/mol. The van der Waals surface area contributed by atoms with Gasteiger partial charge in [-0.25, -0.2) is 12.7 Å². The van der Waals surface area contributed by atoms with Crippen molar-refractivity contribution in [2.24, 2.45) is 0 Å². The molecule has 0 bridgehead atoms. The monoisotopic (exact) mass is 422 g/mol. The van der Waals surface area contributed by atoms with E-state index in [1.165, 1.54) is 26.2 Å².